The van der Waals surface area contributed by atoms with E-state index in [0.29, 0.717) is 0 Å². The number of fused-ring (bicyclic) bond motifs is 1. The summed E-state index contributed by atoms with van der Waals surface area (Å²) in [4.78, 5) is 0. The van der Waals surface area contributed by atoms with Gasteiger partial charge in [-0.1, -0.05) is 13.3 Å². The van der Waals surface area contributed by atoms with Crippen molar-refractivity contribution in [2.24, 2.45) is 0 Å². The fraction of sp³-hybridized carbons (Fsp3) is 0.556. The normalized spacial score (nSPS) is 13.1. The number of aromatic nitrogens is 1. The highest BCUT2D eigenvalue weighted by molar-refractivity contribution is 5.59. The summed E-state index contributed by atoms with van der Waals surface area (Å²) in [6.07, 6.45) is 2.84. The molecule has 2 rings (SSSR count). The van der Waals surface area contributed by atoms with Gasteiger partial charge in [-0.2, -0.15) is 0 Å². The van der Waals surface area contributed by atoms with Gasteiger partial charge in [0.1, 0.15) is 0 Å². The maximum Gasteiger partial charge on any atom is 0.197 e. The Bertz CT molecular complexity index is 289. The Morgan fingerprint density at radius 2 is 1.83 bits per heavy atom. The van der Waals surface area contributed by atoms with Crippen molar-refractivity contribution in [1.82, 2.24) is 4.57 Å². The Labute approximate surface area is 71.3 Å². The van der Waals surface area contributed by atoms with Gasteiger partial charge in [0.2, 0.25) is 0 Å². The summed E-state index contributed by atoms with van der Waals surface area (Å²) in [7, 11) is 0. The Hall–Kier alpha value is -1.12. The van der Waals surface area contributed by atoms with Gasteiger partial charge in [-0.05, 0) is 6.42 Å². The van der Waals surface area contributed by atoms with Gasteiger partial charge in [-0.3, -0.25) is 4.57 Å². The zero-order valence-corrected chi connectivity index (χ0v) is 7.17. The zero-order chi connectivity index (χ0) is 8.72. The van der Waals surface area contributed by atoms with E-state index < -0.39 is 0 Å². The molecule has 1 aromatic heterocycles. The molecule has 0 unspecified atom stereocenters. The van der Waals surface area contributed by atoms with Gasteiger partial charge in [-0.25, -0.2) is 0 Å². The molecule has 0 spiro atoms. The molecule has 1 heterocycles. The molecule has 0 aromatic carbocycles. The lowest BCUT2D eigenvalue weighted by atomic mass is 10.3. The minimum atomic E-state index is 0.274. The second-order valence-corrected chi connectivity index (χ2v) is 3.29. The Kier molecular flexibility index (Phi) is 1.53. The summed E-state index contributed by atoms with van der Waals surface area (Å²) >= 11 is 0. The van der Waals surface area contributed by atoms with Crippen LogP contribution in [0.2, 0.25) is 0 Å². The van der Waals surface area contributed by atoms with E-state index in [-0.39, 0.29) is 11.8 Å². The van der Waals surface area contributed by atoms with E-state index >= 15 is 0 Å². The van der Waals surface area contributed by atoms with Crippen LogP contribution in [0.5, 0.6) is 11.8 Å². The molecule has 0 saturated heterocycles. The lowest BCUT2D eigenvalue weighted by Crippen LogP contribution is -1.97. The molecule has 0 radical (unpaired) electrons. The number of aromatic hydroxyl groups is 2. The van der Waals surface area contributed by atoms with Gasteiger partial charge in [0, 0.05) is 24.1 Å². The average molecular weight is 167 g/mol. The molecule has 1 aliphatic rings. The van der Waals surface area contributed by atoms with Crippen molar-refractivity contribution in [3.63, 3.8) is 0 Å². The molecular formula is C9H13NO2. The highest BCUT2D eigenvalue weighted by Gasteiger charge is 2.32. The maximum atomic E-state index is 9.50. The number of nitrogens with zero attached hydrogens (tertiary/aromatic N) is 1. The number of hydrogen-bond acceptors (Lipinski definition) is 2. The van der Waals surface area contributed by atoms with E-state index in [1.54, 1.807) is 4.57 Å². The third-order valence-corrected chi connectivity index (χ3v) is 2.38. The second-order valence-electron chi connectivity index (χ2n) is 3.29. The summed E-state index contributed by atoms with van der Waals surface area (Å²) in [5.74, 6) is 0.548. The molecule has 0 amide bonds. The van der Waals surface area contributed by atoms with E-state index in [1.165, 1.54) is 0 Å². The molecule has 0 bridgehead atoms. The summed E-state index contributed by atoms with van der Waals surface area (Å²) in [6, 6.07) is 0. The highest BCUT2D eigenvalue weighted by atomic mass is 16.3. The van der Waals surface area contributed by atoms with Crippen LogP contribution < -0.4 is 0 Å². The van der Waals surface area contributed by atoms with Gasteiger partial charge in [0.05, 0.1) is 0 Å². The lowest BCUT2D eigenvalue weighted by molar-refractivity contribution is 0.358. The number of hydrogen-bond donors (Lipinski definition) is 2. The topological polar surface area (TPSA) is 45.4 Å². The van der Waals surface area contributed by atoms with Crippen molar-refractivity contribution in [1.29, 1.82) is 0 Å². The molecule has 0 atom stereocenters. The minimum absolute atomic E-state index is 0.274. The first-order valence-corrected chi connectivity index (χ1v) is 4.37. The van der Waals surface area contributed by atoms with Crippen LogP contribution in [0.1, 0.15) is 30.9 Å². The number of unbranched alkanes of at least 4 members (excludes halogenated alkanes) is 1. The fourth-order valence-corrected chi connectivity index (χ4v) is 1.51. The largest absolute Gasteiger partial charge is 0.494 e. The summed E-state index contributed by atoms with van der Waals surface area (Å²) in [5.41, 5.74) is 1.87. The molecule has 0 fully saturated rings. The number of rotatable bonds is 3. The molecule has 3 heteroatoms. The molecular weight excluding hydrogens is 154 g/mol. The van der Waals surface area contributed by atoms with E-state index in [0.717, 1.165) is 36.9 Å². The average Bonchev–Trinajstić information content (AvgIpc) is 2.78. The van der Waals surface area contributed by atoms with Crippen molar-refractivity contribution in [2.45, 2.75) is 32.7 Å². The van der Waals surface area contributed by atoms with E-state index in [1.807, 2.05) is 0 Å². The summed E-state index contributed by atoms with van der Waals surface area (Å²) in [6.45, 7) is 2.81. The van der Waals surface area contributed by atoms with Gasteiger partial charge in [0.15, 0.2) is 11.8 Å². The highest BCUT2D eigenvalue weighted by Crippen LogP contribution is 2.46. The standard InChI is InChI=1S/C9H13NO2/c1-2-3-4-10-8(11)6-5-7(6)9(10)12/h11-12H,2-5H2,1H3. The van der Waals surface area contributed by atoms with Crippen LogP contribution in [0.15, 0.2) is 0 Å². The summed E-state index contributed by atoms with van der Waals surface area (Å²) < 4.78 is 1.59. The quantitative estimate of drug-likeness (QED) is 0.729. The molecule has 0 aliphatic heterocycles. The minimum Gasteiger partial charge on any atom is -0.494 e. The van der Waals surface area contributed by atoms with Gasteiger partial charge in [0.25, 0.3) is 0 Å². The van der Waals surface area contributed by atoms with Crippen molar-refractivity contribution in [3.05, 3.63) is 11.1 Å². The first-order valence-electron chi connectivity index (χ1n) is 4.37. The first-order chi connectivity index (χ1) is 5.75. The molecule has 66 valence electrons. The summed E-state index contributed by atoms with van der Waals surface area (Å²) in [5, 5.41) is 19.0. The van der Waals surface area contributed by atoms with Crippen molar-refractivity contribution < 1.29 is 10.2 Å². The van der Waals surface area contributed by atoms with Crippen LogP contribution in [-0.2, 0) is 13.0 Å². The fourth-order valence-electron chi connectivity index (χ4n) is 1.51. The van der Waals surface area contributed by atoms with Gasteiger partial charge in [-0.15, -0.1) is 0 Å². The first kappa shape index (κ1) is 7.53. The molecule has 0 saturated carbocycles. The molecule has 2 N–H and O–H groups in total. The third-order valence-electron chi connectivity index (χ3n) is 2.38. The predicted molar refractivity (Wildman–Crippen MR) is 45.5 cm³/mol. The van der Waals surface area contributed by atoms with Crippen LogP contribution in [0.25, 0.3) is 0 Å². The Morgan fingerprint density at radius 1 is 1.25 bits per heavy atom. The smallest absolute Gasteiger partial charge is 0.197 e. The van der Waals surface area contributed by atoms with Crippen molar-refractivity contribution in [3.8, 4) is 11.8 Å². The van der Waals surface area contributed by atoms with E-state index in [2.05, 4.69) is 6.92 Å². The van der Waals surface area contributed by atoms with Crippen LogP contribution in [0, 0.1) is 0 Å². The molecule has 1 aliphatic carbocycles. The van der Waals surface area contributed by atoms with E-state index in [9.17, 15) is 10.2 Å². The lowest BCUT2D eigenvalue weighted by Gasteiger charge is -2.06. The van der Waals surface area contributed by atoms with Crippen molar-refractivity contribution >= 4 is 0 Å². The Balaban J connectivity index is 2.21. The van der Waals surface area contributed by atoms with Crippen molar-refractivity contribution in [2.75, 3.05) is 0 Å². The second kappa shape index (κ2) is 2.44. The van der Waals surface area contributed by atoms with Crippen LogP contribution in [0.3, 0.4) is 0 Å². The van der Waals surface area contributed by atoms with Crippen LogP contribution in [-0.4, -0.2) is 14.8 Å². The third kappa shape index (κ3) is 0.891. The van der Waals surface area contributed by atoms with Crippen LogP contribution in [0.4, 0.5) is 0 Å². The van der Waals surface area contributed by atoms with Crippen LogP contribution >= 0.6 is 0 Å². The predicted octanol–water partition coefficient (Wildman–Crippen LogP) is 1.60. The van der Waals surface area contributed by atoms with Gasteiger partial charge < -0.3 is 10.2 Å². The molecule has 1 aromatic rings. The van der Waals surface area contributed by atoms with Gasteiger partial charge >= 0.3 is 0 Å². The SMILES string of the molecule is CCCCn1c(O)c2c(c1O)C2. The monoisotopic (exact) mass is 167 g/mol. The maximum absolute atomic E-state index is 9.50. The van der Waals surface area contributed by atoms with E-state index in [4.69, 9.17) is 0 Å². The zero-order valence-electron chi connectivity index (χ0n) is 7.17. The molecule has 12 heavy (non-hydrogen) atoms. The molecule has 3 nitrogen and oxygen atoms in total. The Morgan fingerprint density at radius 3 is 2.33 bits per heavy atom.